The average molecular weight is 182 g/mol. The van der Waals surface area contributed by atoms with Gasteiger partial charge in [-0.25, -0.2) is 10.2 Å². The third-order valence-corrected chi connectivity index (χ3v) is 1.11. The molecule has 1 aromatic heterocycles. The molecule has 0 atom stereocenters. The first-order valence-electron chi connectivity index (χ1n) is 3.35. The molecule has 0 spiro atoms. The molecule has 13 heavy (non-hydrogen) atoms. The number of nitrogens with zero attached hydrogens (tertiary/aromatic N) is 3. The van der Waals surface area contributed by atoms with Gasteiger partial charge in [0.1, 0.15) is 4.91 Å². The summed E-state index contributed by atoms with van der Waals surface area (Å²) in [7, 11) is 0. The predicted molar refractivity (Wildman–Crippen MR) is 44.1 cm³/mol. The Morgan fingerprint density at radius 1 is 1.77 bits per heavy atom. The largest absolute Gasteiger partial charge is 0.365 e. The van der Waals surface area contributed by atoms with Crippen LogP contribution in [-0.2, 0) is 0 Å². The van der Waals surface area contributed by atoms with Gasteiger partial charge in [-0.1, -0.05) is 0 Å². The Bertz CT molecular complexity index is 323. The average Bonchev–Trinajstić information content (AvgIpc) is 2.04. The quantitative estimate of drug-likeness (QED) is 0.331. The van der Waals surface area contributed by atoms with Crippen LogP contribution in [0.25, 0.3) is 0 Å². The van der Waals surface area contributed by atoms with Crippen molar-refractivity contribution in [3.05, 3.63) is 29.4 Å². The number of rotatable bonds is 2. The summed E-state index contributed by atoms with van der Waals surface area (Å²) in [6.07, 6.45) is 3.04. The second kappa shape index (κ2) is 4.00. The first-order chi connectivity index (χ1) is 6.18. The van der Waals surface area contributed by atoms with Crippen molar-refractivity contribution in [1.29, 1.82) is 0 Å². The third kappa shape index (κ3) is 3.14. The highest BCUT2D eigenvalue weighted by molar-refractivity contribution is 5.79. The van der Waals surface area contributed by atoms with E-state index in [1.165, 1.54) is 6.20 Å². The van der Waals surface area contributed by atoms with Gasteiger partial charge in [0, 0.05) is 6.20 Å². The number of hydrogen-bond donors (Lipinski definition) is 3. The normalized spacial score (nSPS) is 10.9. The van der Waals surface area contributed by atoms with Gasteiger partial charge < -0.3 is 5.73 Å². The van der Waals surface area contributed by atoms with Gasteiger partial charge >= 0.3 is 5.03 Å². The van der Waals surface area contributed by atoms with Crippen LogP contribution in [0.5, 0.6) is 0 Å². The van der Waals surface area contributed by atoms with E-state index >= 15 is 0 Å². The number of hydrazine groups is 1. The van der Waals surface area contributed by atoms with E-state index in [1.807, 2.05) is 5.43 Å². The van der Waals surface area contributed by atoms with Gasteiger partial charge in [0.25, 0.3) is 5.96 Å². The van der Waals surface area contributed by atoms with Crippen LogP contribution in [0, 0.1) is 4.91 Å². The van der Waals surface area contributed by atoms with E-state index < -0.39 is 5.03 Å². The number of aliphatic imine (C=N–C) groups is 1. The first-order valence-corrected chi connectivity index (χ1v) is 3.35. The smallest absolute Gasteiger partial charge is 0.362 e. The molecule has 1 aromatic rings. The SMILES string of the molecule is NC(=Nc1cccnc1)N[N+](=O)O. The fourth-order valence-corrected chi connectivity index (χ4v) is 0.682. The van der Waals surface area contributed by atoms with E-state index in [2.05, 4.69) is 9.98 Å². The van der Waals surface area contributed by atoms with Crippen LogP contribution in [0.1, 0.15) is 0 Å². The van der Waals surface area contributed by atoms with Crippen LogP contribution in [0.15, 0.2) is 29.5 Å². The van der Waals surface area contributed by atoms with Gasteiger partial charge in [-0.05, 0) is 17.6 Å². The lowest BCUT2D eigenvalue weighted by molar-refractivity contribution is -0.822. The minimum absolute atomic E-state index is 0.217. The van der Waals surface area contributed by atoms with Crippen LogP contribution in [0.3, 0.4) is 0 Å². The highest BCUT2D eigenvalue weighted by Crippen LogP contribution is 2.06. The maximum atomic E-state index is 10.0. The molecule has 4 N–H and O–H groups in total. The van der Waals surface area contributed by atoms with Gasteiger partial charge in [-0.15, -0.1) is 0 Å². The number of aromatic nitrogens is 1. The molecule has 0 aliphatic heterocycles. The summed E-state index contributed by atoms with van der Waals surface area (Å²) < 4.78 is 0. The number of hydrogen-bond acceptors (Lipinski definition) is 3. The summed E-state index contributed by atoms with van der Waals surface area (Å²) in [6, 6.07) is 3.31. The fraction of sp³-hybridized carbons (Fsp3) is 0. The lowest BCUT2D eigenvalue weighted by atomic mass is 10.4. The summed E-state index contributed by atoms with van der Waals surface area (Å²) in [5.74, 6) is -0.217. The minimum Gasteiger partial charge on any atom is -0.365 e. The Kier molecular flexibility index (Phi) is 2.74. The predicted octanol–water partition coefficient (Wildman–Crippen LogP) is -0.300. The molecule has 68 valence electrons. The van der Waals surface area contributed by atoms with Gasteiger partial charge in [0.15, 0.2) is 0 Å². The van der Waals surface area contributed by atoms with E-state index in [4.69, 9.17) is 10.9 Å². The number of nitrogens with one attached hydrogen (secondary N) is 1. The topological polar surface area (TPSA) is 104 Å². The molecule has 0 aromatic carbocycles. The second-order valence-electron chi connectivity index (χ2n) is 2.09. The molecular weight excluding hydrogens is 174 g/mol. The molecule has 0 bridgehead atoms. The van der Waals surface area contributed by atoms with Crippen molar-refractivity contribution in [2.24, 2.45) is 10.7 Å². The summed E-state index contributed by atoms with van der Waals surface area (Å²) in [4.78, 5) is 17.5. The van der Waals surface area contributed by atoms with Gasteiger partial charge in [0.05, 0.1) is 11.9 Å². The van der Waals surface area contributed by atoms with Crippen molar-refractivity contribution in [1.82, 2.24) is 10.4 Å². The van der Waals surface area contributed by atoms with Gasteiger partial charge in [-0.3, -0.25) is 4.98 Å². The lowest BCUT2D eigenvalue weighted by Gasteiger charge is -1.92. The Balaban J connectivity index is 2.71. The highest BCUT2D eigenvalue weighted by atomic mass is 16.7. The molecule has 0 unspecified atom stereocenters. The number of guanidine groups is 1. The van der Waals surface area contributed by atoms with Crippen molar-refractivity contribution in [2.75, 3.05) is 0 Å². The Labute approximate surface area is 73.4 Å². The van der Waals surface area contributed by atoms with E-state index in [9.17, 15) is 4.91 Å². The van der Waals surface area contributed by atoms with Crippen LogP contribution < -0.4 is 11.2 Å². The molecule has 7 nitrogen and oxygen atoms in total. The van der Waals surface area contributed by atoms with Crippen LogP contribution in [0.2, 0.25) is 0 Å². The molecule has 7 heteroatoms. The van der Waals surface area contributed by atoms with Crippen LogP contribution in [0.4, 0.5) is 5.69 Å². The second-order valence-corrected chi connectivity index (χ2v) is 2.09. The summed E-state index contributed by atoms with van der Waals surface area (Å²) in [5, 5.41) is 7.66. The summed E-state index contributed by atoms with van der Waals surface area (Å²) >= 11 is 0. The Morgan fingerprint density at radius 2 is 2.54 bits per heavy atom. The standard InChI is InChI=1S/C6H8N5O2/c7-6(10-11(12)13)9-5-2-1-3-8-4-5/h1-4H,(H,12,13)(H3,7,9,10)/q+1. The van der Waals surface area contributed by atoms with Gasteiger partial charge in [0.2, 0.25) is 0 Å². The molecule has 0 aliphatic rings. The number of nitrogens with two attached hydrogens (primary N) is 1. The monoisotopic (exact) mass is 182 g/mol. The first kappa shape index (κ1) is 8.91. The third-order valence-electron chi connectivity index (χ3n) is 1.11. The highest BCUT2D eigenvalue weighted by Gasteiger charge is 2.04. The van der Waals surface area contributed by atoms with E-state index in [0.717, 1.165) is 0 Å². The molecule has 1 heterocycles. The zero-order chi connectivity index (χ0) is 9.68. The van der Waals surface area contributed by atoms with Crippen molar-refractivity contribution < 1.29 is 10.2 Å². The maximum Gasteiger partial charge on any atom is 0.362 e. The van der Waals surface area contributed by atoms with Crippen molar-refractivity contribution in [3.63, 3.8) is 0 Å². The van der Waals surface area contributed by atoms with E-state index in [0.29, 0.717) is 5.69 Å². The van der Waals surface area contributed by atoms with Crippen LogP contribution in [-0.4, -0.2) is 21.2 Å². The van der Waals surface area contributed by atoms with Crippen LogP contribution >= 0.6 is 0 Å². The van der Waals surface area contributed by atoms with Gasteiger partial charge in [-0.2, -0.15) is 0 Å². The summed E-state index contributed by atoms with van der Waals surface area (Å²) in [6.45, 7) is 0. The summed E-state index contributed by atoms with van der Waals surface area (Å²) in [5.41, 5.74) is 7.52. The lowest BCUT2D eigenvalue weighted by Crippen LogP contribution is -2.36. The fourth-order valence-electron chi connectivity index (χ4n) is 0.682. The molecule has 0 saturated heterocycles. The van der Waals surface area contributed by atoms with E-state index in [-0.39, 0.29) is 5.96 Å². The zero-order valence-electron chi connectivity index (χ0n) is 6.58. The maximum absolute atomic E-state index is 10.0. The molecule has 0 amide bonds. The van der Waals surface area contributed by atoms with Crippen molar-refractivity contribution in [3.8, 4) is 0 Å². The Morgan fingerprint density at radius 3 is 3.08 bits per heavy atom. The molecule has 0 fully saturated rings. The zero-order valence-corrected chi connectivity index (χ0v) is 6.58. The minimum atomic E-state index is -0.533. The molecule has 0 radical (unpaired) electrons. The van der Waals surface area contributed by atoms with Crippen molar-refractivity contribution in [2.45, 2.75) is 0 Å². The van der Waals surface area contributed by atoms with Crippen molar-refractivity contribution >= 4 is 11.6 Å². The molecule has 0 saturated carbocycles. The molecular formula is C6H8N5O2+. The molecule has 0 aliphatic carbocycles. The number of pyridine rings is 1. The molecule has 1 rings (SSSR count). The Hall–Kier alpha value is -2.18. The van der Waals surface area contributed by atoms with E-state index in [1.54, 1.807) is 18.3 Å².